The highest BCUT2D eigenvalue weighted by Gasteiger charge is 2.23. The first-order valence-corrected chi connectivity index (χ1v) is 10.6. The number of nitrogens with zero attached hydrogens (tertiary/aromatic N) is 5. The Morgan fingerprint density at radius 2 is 1.45 bits per heavy atom. The van der Waals surface area contributed by atoms with Crippen LogP contribution in [0.3, 0.4) is 0 Å². The molecule has 29 heavy (non-hydrogen) atoms. The second-order valence-corrected chi connectivity index (χ2v) is 8.27. The minimum Gasteiger partial charge on any atom is -0.355 e. The zero-order valence-electron chi connectivity index (χ0n) is 16.7. The average molecular weight is 415 g/mol. The second kappa shape index (κ2) is 8.86. The van der Waals surface area contributed by atoms with E-state index in [2.05, 4.69) is 38.3 Å². The SMILES string of the molecule is CC1CCN(c2ccc(N3CCN(C(=O)Nc4ccc(Cl)cc4)CC3)nn2)CC1. The number of nitrogens with one attached hydrogen (secondary N) is 1. The Morgan fingerprint density at radius 1 is 0.897 bits per heavy atom. The van der Waals surface area contributed by atoms with Gasteiger partial charge in [-0.15, -0.1) is 10.2 Å². The molecule has 0 aliphatic carbocycles. The molecule has 2 aromatic rings. The lowest BCUT2D eigenvalue weighted by atomic mass is 9.99. The third kappa shape index (κ3) is 4.90. The van der Waals surface area contributed by atoms with E-state index in [1.165, 1.54) is 12.8 Å². The van der Waals surface area contributed by atoms with E-state index in [9.17, 15) is 4.79 Å². The van der Waals surface area contributed by atoms with Crippen LogP contribution < -0.4 is 15.1 Å². The summed E-state index contributed by atoms with van der Waals surface area (Å²) in [7, 11) is 0. The smallest absolute Gasteiger partial charge is 0.321 e. The highest BCUT2D eigenvalue weighted by atomic mass is 35.5. The Bertz CT molecular complexity index is 812. The van der Waals surface area contributed by atoms with Gasteiger partial charge in [0.15, 0.2) is 11.6 Å². The minimum atomic E-state index is -0.0901. The van der Waals surface area contributed by atoms with Crippen LogP contribution in [0.15, 0.2) is 36.4 Å². The molecule has 1 aromatic heterocycles. The van der Waals surface area contributed by atoms with Gasteiger partial charge in [0.1, 0.15) is 0 Å². The van der Waals surface area contributed by atoms with Crippen molar-refractivity contribution < 1.29 is 4.79 Å². The fourth-order valence-corrected chi connectivity index (χ4v) is 3.89. The number of aromatic nitrogens is 2. The van der Waals surface area contributed by atoms with Crippen molar-refractivity contribution in [3.63, 3.8) is 0 Å². The van der Waals surface area contributed by atoms with Crippen LogP contribution in [-0.2, 0) is 0 Å². The largest absolute Gasteiger partial charge is 0.355 e. The molecule has 2 fully saturated rings. The van der Waals surface area contributed by atoms with Crippen molar-refractivity contribution in [3.05, 3.63) is 41.4 Å². The standard InChI is InChI=1S/C21H27ClN6O/c1-16-8-10-26(11-9-16)19-6-7-20(25-24-19)27-12-14-28(15-13-27)21(29)23-18-4-2-17(22)3-5-18/h2-7,16H,8-15H2,1H3,(H,23,29). The predicted octanol–water partition coefficient (Wildman–Crippen LogP) is 3.72. The predicted molar refractivity (Wildman–Crippen MR) is 117 cm³/mol. The monoisotopic (exact) mass is 414 g/mol. The maximum atomic E-state index is 12.5. The third-order valence-corrected chi connectivity index (χ3v) is 5.98. The number of piperidine rings is 1. The van der Waals surface area contributed by atoms with Crippen molar-refractivity contribution >= 4 is 35.0 Å². The summed E-state index contributed by atoms with van der Waals surface area (Å²) in [5.74, 6) is 2.63. The van der Waals surface area contributed by atoms with Crippen molar-refractivity contribution in [2.75, 3.05) is 54.4 Å². The van der Waals surface area contributed by atoms with Crippen LogP contribution in [0.4, 0.5) is 22.1 Å². The van der Waals surface area contributed by atoms with Crippen LogP contribution in [0.5, 0.6) is 0 Å². The molecule has 7 nitrogen and oxygen atoms in total. The molecule has 0 unspecified atom stereocenters. The summed E-state index contributed by atoms with van der Waals surface area (Å²) in [5.41, 5.74) is 0.746. The van der Waals surface area contributed by atoms with E-state index >= 15 is 0 Å². The zero-order valence-corrected chi connectivity index (χ0v) is 17.5. The Labute approximate surface area is 176 Å². The van der Waals surface area contributed by atoms with Crippen LogP contribution in [0, 0.1) is 5.92 Å². The van der Waals surface area contributed by atoms with Crippen LogP contribution in [0.1, 0.15) is 19.8 Å². The molecule has 0 atom stereocenters. The van der Waals surface area contributed by atoms with E-state index in [1.54, 1.807) is 24.3 Å². The lowest BCUT2D eigenvalue weighted by molar-refractivity contribution is 0.208. The van der Waals surface area contributed by atoms with Gasteiger partial charge in [0.05, 0.1) is 0 Å². The molecule has 0 saturated carbocycles. The van der Waals surface area contributed by atoms with Crippen molar-refractivity contribution in [1.29, 1.82) is 0 Å². The average Bonchev–Trinajstić information content (AvgIpc) is 2.76. The van der Waals surface area contributed by atoms with E-state index < -0.39 is 0 Å². The van der Waals surface area contributed by atoms with Crippen LogP contribution in [0.2, 0.25) is 5.02 Å². The number of urea groups is 1. The third-order valence-electron chi connectivity index (χ3n) is 5.73. The Kier molecular flexibility index (Phi) is 6.04. The number of benzene rings is 1. The molecule has 0 bridgehead atoms. The Morgan fingerprint density at radius 3 is 2.00 bits per heavy atom. The zero-order chi connectivity index (χ0) is 20.2. The first kappa shape index (κ1) is 19.8. The quantitative estimate of drug-likeness (QED) is 0.829. The summed E-state index contributed by atoms with van der Waals surface area (Å²) in [6, 6.07) is 11.2. The first-order valence-electron chi connectivity index (χ1n) is 10.2. The summed E-state index contributed by atoms with van der Waals surface area (Å²) < 4.78 is 0. The number of amides is 2. The van der Waals surface area contributed by atoms with Gasteiger partial charge in [-0.3, -0.25) is 0 Å². The Balaban J connectivity index is 1.29. The lowest BCUT2D eigenvalue weighted by Gasteiger charge is -2.35. The van der Waals surface area contributed by atoms with Crippen LogP contribution in [0.25, 0.3) is 0 Å². The van der Waals surface area contributed by atoms with Crippen molar-refractivity contribution in [3.8, 4) is 0 Å². The number of carbonyl (C=O) groups excluding carboxylic acids is 1. The number of rotatable bonds is 3. The van der Waals surface area contributed by atoms with Gasteiger partial charge in [-0.1, -0.05) is 18.5 Å². The summed E-state index contributed by atoms with van der Waals surface area (Å²) in [6.07, 6.45) is 2.42. The summed E-state index contributed by atoms with van der Waals surface area (Å²) >= 11 is 5.89. The molecule has 154 valence electrons. The van der Waals surface area contributed by atoms with E-state index in [0.29, 0.717) is 18.1 Å². The van der Waals surface area contributed by atoms with Gasteiger partial charge >= 0.3 is 6.03 Å². The highest BCUT2D eigenvalue weighted by molar-refractivity contribution is 6.30. The molecule has 2 aliphatic rings. The first-order chi connectivity index (χ1) is 14.1. The van der Waals surface area contributed by atoms with E-state index in [-0.39, 0.29) is 6.03 Å². The van der Waals surface area contributed by atoms with Gasteiger partial charge in [0, 0.05) is 50.0 Å². The van der Waals surface area contributed by atoms with E-state index in [1.807, 2.05) is 11.0 Å². The molecule has 1 aromatic carbocycles. The number of hydrogen-bond acceptors (Lipinski definition) is 5. The van der Waals surface area contributed by atoms with Crippen molar-refractivity contribution in [2.24, 2.45) is 5.92 Å². The molecule has 2 saturated heterocycles. The molecule has 8 heteroatoms. The molecule has 0 spiro atoms. The minimum absolute atomic E-state index is 0.0901. The highest BCUT2D eigenvalue weighted by Crippen LogP contribution is 2.22. The molecule has 3 heterocycles. The lowest BCUT2D eigenvalue weighted by Crippen LogP contribution is -2.50. The molecular formula is C21H27ClN6O. The number of halogens is 1. The molecule has 1 N–H and O–H groups in total. The number of carbonyl (C=O) groups is 1. The van der Waals surface area contributed by atoms with E-state index in [0.717, 1.165) is 49.4 Å². The van der Waals surface area contributed by atoms with Gasteiger partial charge < -0.3 is 20.0 Å². The van der Waals surface area contributed by atoms with Crippen LogP contribution >= 0.6 is 11.6 Å². The van der Waals surface area contributed by atoms with Gasteiger partial charge in [0.2, 0.25) is 0 Å². The van der Waals surface area contributed by atoms with Gasteiger partial charge in [-0.05, 0) is 55.2 Å². The van der Waals surface area contributed by atoms with Gasteiger partial charge in [-0.2, -0.15) is 0 Å². The van der Waals surface area contributed by atoms with Crippen molar-refractivity contribution in [1.82, 2.24) is 15.1 Å². The van der Waals surface area contributed by atoms with Gasteiger partial charge in [-0.25, -0.2) is 4.79 Å². The molecule has 2 amide bonds. The molecule has 0 radical (unpaired) electrons. The van der Waals surface area contributed by atoms with E-state index in [4.69, 9.17) is 11.6 Å². The topological polar surface area (TPSA) is 64.6 Å². The fraction of sp³-hybridized carbons (Fsp3) is 0.476. The number of anilines is 3. The summed E-state index contributed by atoms with van der Waals surface area (Å²) in [6.45, 7) is 7.18. The van der Waals surface area contributed by atoms with Gasteiger partial charge in [0.25, 0.3) is 0 Å². The summed E-state index contributed by atoms with van der Waals surface area (Å²) in [4.78, 5) is 18.8. The number of piperazine rings is 1. The Hall–Kier alpha value is -2.54. The van der Waals surface area contributed by atoms with Crippen molar-refractivity contribution in [2.45, 2.75) is 19.8 Å². The molecular weight excluding hydrogens is 388 g/mol. The molecule has 4 rings (SSSR count). The molecule has 2 aliphatic heterocycles. The van der Waals surface area contributed by atoms with Crippen LogP contribution in [-0.4, -0.2) is 60.4 Å². The normalized spacial score (nSPS) is 18.1. The number of hydrogen-bond donors (Lipinski definition) is 1. The maximum absolute atomic E-state index is 12.5. The fourth-order valence-electron chi connectivity index (χ4n) is 3.77. The second-order valence-electron chi connectivity index (χ2n) is 7.83. The summed E-state index contributed by atoms with van der Waals surface area (Å²) in [5, 5.41) is 12.5. The maximum Gasteiger partial charge on any atom is 0.321 e.